The van der Waals surface area contributed by atoms with Gasteiger partial charge in [0.15, 0.2) is 5.78 Å². The van der Waals surface area contributed by atoms with E-state index in [1.54, 1.807) is 13.1 Å². The molecule has 1 aromatic heterocycles. The lowest BCUT2D eigenvalue weighted by Gasteiger charge is -2.37. The van der Waals surface area contributed by atoms with E-state index >= 15 is 0 Å². The Hall–Kier alpha value is -1.42. The van der Waals surface area contributed by atoms with Crippen LogP contribution in [-0.2, 0) is 0 Å². The van der Waals surface area contributed by atoms with Crippen LogP contribution in [0, 0.1) is 0 Å². The zero-order valence-corrected chi connectivity index (χ0v) is 11.4. The van der Waals surface area contributed by atoms with Crippen molar-refractivity contribution in [2.75, 3.05) is 32.1 Å². The highest BCUT2D eigenvalue weighted by atomic mass is 16.1. The number of nitrogens with zero attached hydrogens (tertiary/aromatic N) is 3. The molecule has 0 amide bonds. The van der Waals surface area contributed by atoms with E-state index < -0.39 is 0 Å². The van der Waals surface area contributed by atoms with E-state index in [4.69, 9.17) is 0 Å². The first-order valence-corrected chi connectivity index (χ1v) is 6.47. The number of anilines is 1. The van der Waals surface area contributed by atoms with Gasteiger partial charge in [-0.3, -0.25) is 4.79 Å². The Kier molecular flexibility index (Phi) is 3.97. The van der Waals surface area contributed by atoms with Crippen molar-refractivity contribution >= 4 is 11.6 Å². The molecule has 0 aliphatic carbocycles. The molecule has 0 radical (unpaired) electrons. The van der Waals surface area contributed by atoms with E-state index in [2.05, 4.69) is 28.9 Å². The summed E-state index contributed by atoms with van der Waals surface area (Å²) in [6.07, 6.45) is 4.13. The molecule has 1 unspecified atom stereocenters. The van der Waals surface area contributed by atoms with E-state index in [-0.39, 0.29) is 5.78 Å². The first-order chi connectivity index (χ1) is 8.59. The molecule has 1 atom stereocenters. The fourth-order valence-corrected chi connectivity index (χ4v) is 2.49. The topological polar surface area (TPSA) is 36.4 Å². The maximum absolute atomic E-state index is 11.6. The van der Waals surface area contributed by atoms with Crippen LogP contribution in [0.15, 0.2) is 18.3 Å². The normalized spacial score (nSPS) is 20.2. The molecule has 2 heterocycles. The molecule has 1 aliphatic heterocycles. The number of ketones is 1. The van der Waals surface area contributed by atoms with Crippen molar-refractivity contribution in [3.05, 3.63) is 23.9 Å². The van der Waals surface area contributed by atoms with Crippen molar-refractivity contribution < 1.29 is 4.79 Å². The molecule has 1 aliphatic rings. The molecule has 98 valence electrons. The Bertz CT molecular complexity index is 431. The number of pyridine rings is 1. The number of carbonyl (C=O) groups excluding carboxylic acids is 1. The summed E-state index contributed by atoms with van der Waals surface area (Å²) in [5.74, 6) is 0.932. The molecule has 0 aromatic carbocycles. The number of Topliss-reactive ketones (excluding diaryl/α,β-unsaturated/α-hetero) is 1. The van der Waals surface area contributed by atoms with E-state index in [1.165, 1.54) is 6.42 Å². The van der Waals surface area contributed by atoms with Gasteiger partial charge in [0.25, 0.3) is 0 Å². The molecule has 0 spiro atoms. The van der Waals surface area contributed by atoms with Crippen LogP contribution in [0.3, 0.4) is 0 Å². The van der Waals surface area contributed by atoms with Gasteiger partial charge in [0, 0.05) is 25.3 Å². The minimum absolute atomic E-state index is 0.0880. The van der Waals surface area contributed by atoms with Gasteiger partial charge in [0.1, 0.15) is 5.82 Å². The lowest BCUT2D eigenvalue weighted by Crippen LogP contribution is -2.45. The molecule has 1 saturated heterocycles. The third-order valence-corrected chi connectivity index (χ3v) is 3.59. The zero-order valence-electron chi connectivity index (χ0n) is 11.4. The van der Waals surface area contributed by atoms with E-state index in [0.29, 0.717) is 6.04 Å². The standard InChI is InChI=1S/C14H21N3O/c1-11(18)13-7-4-8-15-14(13)17-9-5-6-12(10-17)16(2)3/h4,7-8,12H,5-6,9-10H2,1-3H3. The Morgan fingerprint density at radius 3 is 2.94 bits per heavy atom. The van der Waals surface area contributed by atoms with E-state index in [1.807, 2.05) is 12.1 Å². The molecule has 0 saturated carbocycles. The predicted molar refractivity (Wildman–Crippen MR) is 73.2 cm³/mol. The van der Waals surface area contributed by atoms with Crippen molar-refractivity contribution in [1.82, 2.24) is 9.88 Å². The summed E-state index contributed by atoms with van der Waals surface area (Å²) in [6, 6.07) is 4.23. The molecule has 4 nitrogen and oxygen atoms in total. The number of likely N-dealkylation sites (N-methyl/N-ethyl adjacent to an activating group) is 1. The molecular formula is C14H21N3O. The van der Waals surface area contributed by atoms with Crippen molar-refractivity contribution in [3.63, 3.8) is 0 Å². The average molecular weight is 247 g/mol. The summed E-state index contributed by atoms with van der Waals surface area (Å²) in [5.41, 5.74) is 0.733. The smallest absolute Gasteiger partial charge is 0.163 e. The number of piperidine rings is 1. The monoisotopic (exact) mass is 247 g/mol. The number of carbonyl (C=O) groups is 1. The number of hydrogen-bond acceptors (Lipinski definition) is 4. The molecule has 1 aromatic rings. The molecular weight excluding hydrogens is 226 g/mol. The van der Waals surface area contributed by atoms with Gasteiger partial charge in [0.05, 0.1) is 5.56 Å². The first-order valence-electron chi connectivity index (χ1n) is 6.47. The van der Waals surface area contributed by atoms with Crippen molar-refractivity contribution in [2.24, 2.45) is 0 Å². The SMILES string of the molecule is CC(=O)c1cccnc1N1CCCC(N(C)C)C1. The van der Waals surface area contributed by atoms with Crippen molar-refractivity contribution in [2.45, 2.75) is 25.8 Å². The second-order valence-electron chi connectivity index (χ2n) is 5.14. The van der Waals surface area contributed by atoms with Gasteiger partial charge in [-0.2, -0.15) is 0 Å². The fourth-order valence-electron chi connectivity index (χ4n) is 2.49. The Balaban J connectivity index is 2.23. The van der Waals surface area contributed by atoms with Gasteiger partial charge in [0.2, 0.25) is 0 Å². The maximum atomic E-state index is 11.6. The second kappa shape index (κ2) is 5.48. The third kappa shape index (κ3) is 2.70. The summed E-state index contributed by atoms with van der Waals surface area (Å²) >= 11 is 0. The summed E-state index contributed by atoms with van der Waals surface area (Å²) in [6.45, 7) is 3.54. The summed E-state index contributed by atoms with van der Waals surface area (Å²) < 4.78 is 0. The molecule has 4 heteroatoms. The minimum atomic E-state index is 0.0880. The molecule has 0 bridgehead atoms. The predicted octanol–water partition coefficient (Wildman–Crippen LogP) is 1.81. The highest BCUT2D eigenvalue weighted by Gasteiger charge is 2.24. The lowest BCUT2D eigenvalue weighted by molar-refractivity contribution is 0.101. The first kappa shape index (κ1) is 13.0. The van der Waals surface area contributed by atoms with Gasteiger partial charge in [-0.05, 0) is 46.0 Å². The van der Waals surface area contributed by atoms with Crippen molar-refractivity contribution in [3.8, 4) is 0 Å². The van der Waals surface area contributed by atoms with Crippen LogP contribution in [0.1, 0.15) is 30.1 Å². The van der Waals surface area contributed by atoms with Crippen LogP contribution >= 0.6 is 0 Å². The Morgan fingerprint density at radius 2 is 2.28 bits per heavy atom. The number of aromatic nitrogens is 1. The third-order valence-electron chi connectivity index (χ3n) is 3.59. The highest BCUT2D eigenvalue weighted by molar-refractivity contribution is 5.98. The van der Waals surface area contributed by atoms with Crippen LogP contribution in [0.5, 0.6) is 0 Å². The van der Waals surface area contributed by atoms with Gasteiger partial charge < -0.3 is 9.80 Å². The van der Waals surface area contributed by atoms with Gasteiger partial charge in [-0.15, -0.1) is 0 Å². The molecule has 1 fully saturated rings. The van der Waals surface area contributed by atoms with Gasteiger partial charge in [-0.1, -0.05) is 0 Å². The fraction of sp³-hybridized carbons (Fsp3) is 0.571. The maximum Gasteiger partial charge on any atom is 0.163 e. The van der Waals surface area contributed by atoms with Crippen LogP contribution in [-0.4, -0.2) is 48.9 Å². The zero-order chi connectivity index (χ0) is 13.1. The number of hydrogen-bond donors (Lipinski definition) is 0. The number of rotatable bonds is 3. The quantitative estimate of drug-likeness (QED) is 0.763. The van der Waals surface area contributed by atoms with Crippen LogP contribution in [0.4, 0.5) is 5.82 Å². The Morgan fingerprint density at radius 1 is 1.50 bits per heavy atom. The Labute approximate surface area is 109 Å². The van der Waals surface area contributed by atoms with Crippen LogP contribution in [0.2, 0.25) is 0 Å². The molecule has 18 heavy (non-hydrogen) atoms. The second-order valence-corrected chi connectivity index (χ2v) is 5.14. The van der Waals surface area contributed by atoms with Crippen LogP contribution < -0.4 is 4.90 Å². The summed E-state index contributed by atoms with van der Waals surface area (Å²) in [5, 5.41) is 0. The molecule has 0 N–H and O–H groups in total. The average Bonchev–Trinajstić information content (AvgIpc) is 2.39. The van der Waals surface area contributed by atoms with Gasteiger partial charge >= 0.3 is 0 Å². The summed E-state index contributed by atoms with van der Waals surface area (Å²) in [4.78, 5) is 20.5. The lowest BCUT2D eigenvalue weighted by atomic mass is 10.0. The van der Waals surface area contributed by atoms with E-state index in [9.17, 15) is 4.79 Å². The highest BCUT2D eigenvalue weighted by Crippen LogP contribution is 2.23. The molecule has 2 rings (SSSR count). The summed E-state index contributed by atoms with van der Waals surface area (Å²) in [7, 11) is 4.22. The van der Waals surface area contributed by atoms with E-state index in [0.717, 1.165) is 30.9 Å². The van der Waals surface area contributed by atoms with Crippen molar-refractivity contribution in [1.29, 1.82) is 0 Å². The minimum Gasteiger partial charge on any atom is -0.354 e. The largest absolute Gasteiger partial charge is 0.354 e. The van der Waals surface area contributed by atoms with Crippen LogP contribution in [0.25, 0.3) is 0 Å². The van der Waals surface area contributed by atoms with Gasteiger partial charge in [-0.25, -0.2) is 4.98 Å².